The maximum absolute atomic E-state index is 11.8. The van der Waals surface area contributed by atoms with Crippen LogP contribution in [0.3, 0.4) is 0 Å². The van der Waals surface area contributed by atoms with Crippen molar-refractivity contribution in [2.75, 3.05) is 6.61 Å². The summed E-state index contributed by atoms with van der Waals surface area (Å²) in [5, 5.41) is 0.344. The lowest BCUT2D eigenvalue weighted by Crippen LogP contribution is -2.23. The summed E-state index contributed by atoms with van der Waals surface area (Å²) in [6, 6.07) is 5.27. The minimum absolute atomic E-state index is 0.331. The molecule has 2 rings (SSSR count). The van der Waals surface area contributed by atoms with Crippen molar-refractivity contribution in [2.24, 2.45) is 5.73 Å². The zero-order valence-corrected chi connectivity index (χ0v) is 13.6. The molecule has 6 nitrogen and oxygen atoms in total. The summed E-state index contributed by atoms with van der Waals surface area (Å²) in [5.41, 5.74) is 7.39. The number of primary amides is 1. The lowest BCUT2D eigenvalue weighted by molar-refractivity contribution is -0.117. The number of carbonyl (C=O) groups excluding carboxylic acids is 2. The van der Waals surface area contributed by atoms with E-state index in [-0.39, 0.29) is 17.1 Å². The van der Waals surface area contributed by atoms with Crippen molar-refractivity contribution in [3.05, 3.63) is 23.8 Å². The summed E-state index contributed by atoms with van der Waals surface area (Å²) in [6.07, 6.45) is 0. The van der Waals surface area contributed by atoms with E-state index in [1.54, 1.807) is 26.0 Å². The predicted molar refractivity (Wildman–Crippen MR) is 85.9 cm³/mol. The molecule has 0 unspecified atom stereocenters. The first-order chi connectivity index (χ1) is 10.5. The lowest BCUT2D eigenvalue weighted by Gasteiger charge is -2.08. The summed E-state index contributed by atoms with van der Waals surface area (Å²) in [5.74, 6) is -0.748. The number of aromatic nitrogens is 2. The van der Waals surface area contributed by atoms with Crippen LogP contribution in [0.5, 0.6) is 0 Å². The number of carbonyl (C=O) groups is 2. The molecule has 22 heavy (non-hydrogen) atoms. The number of ether oxygens (including phenoxy) is 1. The monoisotopic (exact) mass is 321 g/mol. The number of thioether (sulfide) groups is 1. The van der Waals surface area contributed by atoms with Gasteiger partial charge in [0.15, 0.2) is 5.16 Å². The Balaban J connectivity index is 2.42. The quantitative estimate of drug-likeness (QED) is 0.651. The number of hydrogen-bond donors (Lipinski definition) is 1. The number of esters is 1. The smallest absolute Gasteiger partial charge is 0.338 e. The molecule has 0 saturated heterocycles. The van der Waals surface area contributed by atoms with Gasteiger partial charge in [0.1, 0.15) is 0 Å². The standard InChI is InChI=1S/C15H19N3O3S/c1-4-18-12-7-6-10(14(20)21-5-2)8-11(12)17-15(18)22-9(3)13(16)19/h6-9H,4-5H2,1-3H3,(H2,16,19)/t9-/m0/s1. The third kappa shape index (κ3) is 3.24. The molecule has 1 amide bonds. The molecule has 2 aromatic rings. The van der Waals surface area contributed by atoms with Gasteiger partial charge in [-0.3, -0.25) is 4.79 Å². The number of benzene rings is 1. The van der Waals surface area contributed by atoms with E-state index in [1.165, 1.54) is 11.8 Å². The summed E-state index contributed by atoms with van der Waals surface area (Å²) in [4.78, 5) is 27.5. The van der Waals surface area contributed by atoms with E-state index in [0.29, 0.717) is 29.4 Å². The van der Waals surface area contributed by atoms with Gasteiger partial charge in [-0.2, -0.15) is 0 Å². The zero-order chi connectivity index (χ0) is 16.3. The first kappa shape index (κ1) is 16.4. The highest BCUT2D eigenvalue weighted by atomic mass is 32.2. The second-order valence-corrected chi connectivity index (χ2v) is 6.03. The normalized spacial score (nSPS) is 12.3. The van der Waals surface area contributed by atoms with E-state index in [0.717, 1.165) is 5.52 Å². The van der Waals surface area contributed by atoms with Crippen LogP contribution in [0.1, 0.15) is 31.1 Å². The highest BCUT2D eigenvalue weighted by Gasteiger charge is 2.18. The SMILES string of the molecule is CCOC(=O)c1ccc2c(c1)nc(S[C@@H](C)C(N)=O)n2CC. The highest BCUT2D eigenvalue weighted by molar-refractivity contribution is 8.00. The van der Waals surface area contributed by atoms with E-state index in [9.17, 15) is 9.59 Å². The molecule has 0 aliphatic carbocycles. The number of nitrogens with zero attached hydrogens (tertiary/aromatic N) is 2. The predicted octanol–water partition coefficient (Wildman–Crippen LogP) is 2.20. The van der Waals surface area contributed by atoms with Gasteiger partial charge in [-0.15, -0.1) is 0 Å². The topological polar surface area (TPSA) is 87.2 Å². The first-order valence-corrected chi connectivity index (χ1v) is 7.99. The van der Waals surface area contributed by atoms with E-state index in [1.807, 2.05) is 17.6 Å². The van der Waals surface area contributed by atoms with Gasteiger partial charge in [0.25, 0.3) is 0 Å². The molecule has 1 aromatic heterocycles. The third-order valence-electron chi connectivity index (χ3n) is 3.22. The molecule has 1 aromatic carbocycles. The molecule has 0 saturated carbocycles. The summed E-state index contributed by atoms with van der Waals surface area (Å²) in [7, 11) is 0. The Kier molecular flexibility index (Phi) is 5.07. The first-order valence-electron chi connectivity index (χ1n) is 7.11. The Bertz CT molecular complexity index is 711. The van der Waals surface area contributed by atoms with Crippen molar-refractivity contribution >= 4 is 34.7 Å². The molecule has 0 aliphatic rings. The Morgan fingerprint density at radius 2 is 2.14 bits per heavy atom. The average Bonchev–Trinajstić information content (AvgIpc) is 2.83. The number of hydrogen-bond acceptors (Lipinski definition) is 5. The van der Waals surface area contributed by atoms with Crippen molar-refractivity contribution in [1.82, 2.24) is 9.55 Å². The van der Waals surface area contributed by atoms with E-state index >= 15 is 0 Å². The minimum atomic E-state index is -0.382. The molecule has 2 N–H and O–H groups in total. The molecule has 1 atom stereocenters. The molecule has 1 heterocycles. The Morgan fingerprint density at radius 1 is 1.41 bits per heavy atom. The second-order valence-electron chi connectivity index (χ2n) is 4.73. The third-order valence-corrected chi connectivity index (χ3v) is 4.33. The van der Waals surface area contributed by atoms with Gasteiger partial charge in [-0.05, 0) is 39.0 Å². The van der Waals surface area contributed by atoms with Gasteiger partial charge in [0, 0.05) is 6.54 Å². The maximum Gasteiger partial charge on any atom is 0.338 e. The van der Waals surface area contributed by atoms with Gasteiger partial charge in [0.05, 0.1) is 28.5 Å². The Labute approximate surface area is 133 Å². The average molecular weight is 321 g/mol. The van der Waals surface area contributed by atoms with Crippen LogP contribution in [0, 0.1) is 0 Å². The van der Waals surface area contributed by atoms with Crippen LogP contribution in [0.4, 0.5) is 0 Å². The van der Waals surface area contributed by atoms with Crippen molar-refractivity contribution in [3.8, 4) is 0 Å². The summed E-state index contributed by atoms with van der Waals surface area (Å²) in [6.45, 7) is 6.55. The number of imidazole rings is 1. The molecule has 118 valence electrons. The summed E-state index contributed by atoms with van der Waals surface area (Å²) >= 11 is 1.31. The number of amides is 1. The number of fused-ring (bicyclic) bond motifs is 1. The van der Waals surface area contributed by atoms with Gasteiger partial charge in [0.2, 0.25) is 5.91 Å². The fraction of sp³-hybridized carbons (Fsp3) is 0.400. The molecule has 0 aliphatic heterocycles. The van der Waals surface area contributed by atoms with Crippen LogP contribution >= 0.6 is 11.8 Å². The van der Waals surface area contributed by atoms with Crippen LogP contribution in [-0.2, 0) is 16.1 Å². The fourth-order valence-electron chi connectivity index (χ4n) is 2.06. The van der Waals surface area contributed by atoms with E-state index in [2.05, 4.69) is 4.98 Å². The molecule has 0 spiro atoms. The van der Waals surface area contributed by atoms with Crippen molar-refractivity contribution < 1.29 is 14.3 Å². The Hall–Kier alpha value is -2.02. The fourth-order valence-corrected chi connectivity index (χ4v) is 3.00. The van der Waals surface area contributed by atoms with Gasteiger partial charge in [-0.1, -0.05) is 11.8 Å². The number of rotatable bonds is 6. The summed E-state index contributed by atoms with van der Waals surface area (Å²) < 4.78 is 6.99. The van der Waals surface area contributed by atoms with Crippen molar-refractivity contribution in [1.29, 1.82) is 0 Å². The van der Waals surface area contributed by atoms with Crippen molar-refractivity contribution in [2.45, 2.75) is 37.7 Å². The molecule has 7 heteroatoms. The van der Waals surface area contributed by atoms with E-state index in [4.69, 9.17) is 10.5 Å². The van der Waals surface area contributed by atoms with E-state index < -0.39 is 0 Å². The van der Waals surface area contributed by atoms with Crippen LogP contribution in [0.2, 0.25) is 0 Å². The number of nitrogens with two attached hydrogens (primary N) is 1. The van der Waals surface area contributed by atoms with Crippen LogP contribution in [0.25, 0.3) is 11.0 Å². The van der Waals surface area contributed by atoms with Gasteiger partial charge >= 0.3 is 5.97 Å². The largest absolute Gasteiger partial charge is 0.462 e. The lowest BCUT2D eigenvalue weighted by atomic mass is 10.2. The molecular formula is C15H19N3O3S. The molecule has 0 fully saturated rings. The molecular weight excluding hydrogens is 302 g/mol. The molecule has 0 bridgehead atoms. The van der Waals surface area contributed by atoms with Crippen LogP contribution < -0.4 is 5.73 Å². The minimum Gasteiger partial charge on any atom is -0.462 e. The van der Waals surface area contributed by atoms with Crippen LogP contribution in [-0.4, -0.2) is 33.3 Å². The van der Waals surface area contributed by atoms with Crippen molar-refractivity contribution in [3.63, 3.8) is 0 Å². The second kappa shape index (κ2) is 6.83. The Morgan fingerprint density at radius 3 is 2.73 bits per heavy atom. The zero-order valence-electron chi connectivity index (χ0n) is 12.8. The van der Waals surface area contributed by atoms with Gasteiger partial charge < -0.3 is 15.0 Å². The number of aryl methyl sites for hydroxylation is 1. The van der Waals surface area contributed by atoms with Crippen LogP contribution in [0.15, 0.2) is 23.4 Å². The van der Waals surface area contributed by atoms with Gasteiger partial charge in [-0.25, -0.2) is 9.78 Å². The maximum atomic E-state index is 11.8. The molecule has 0 radical (unpaired) electrons. The highest BCUT2D eigenvalue weighted by Crippen LogP contribution is 2.27.